The average molecular weight is 535 g/mol. The van der Waals surface area contributed by atoms with Gasteiger partial charge in [-0.3, -0.25) is 9.48 Å². The number of nitrogens with one attached hydrogen (secondary N) is 1. The number of nitrogen functional groups attached to an aromatic ring is 1. The van der Waals surface area contributed by atoms with E-state index in [-0.39, 0.29) is 22.3 Å². The van der Waals surface area contributed by atoms with Crippen LogP contribution >= 0.6 is 0 Å². The number of carbonyl (C=O) groups excluding carboxylic acids is 1. The molecule has 1 aromatic carbocycles. The second-order valence-corrected chi connectivity index (χ2v) is 11.2. The van der Waals surface area contributed by atoms with Gasteiger partial charge in [-0.15, -0.1) is 0 Å². The summed E-state index contributed by atoms with van der Waals surface area (Å²) in [5.41, 5.74) is 9.58. The van der Waals surface area contributed by atoms with Crippen molar-refractivity contribution in [3.05, 3.63) is 77.1 Å². The molecule has 0 aliphatic heterocycles. The lowest BCUT2D eigenvalue weighted by atomic mass is 10.1. The van der Waals surface area contributed by atoms with Crippen LogP contribution in [0.2, 0.25) is 0 Å². The summed E-state index contributed by atoms with van der Waals surface area (Å²) in [4.78, 5) is 21.7. The Bertz CT molecular complexity index is 1590. The summed E-state index contributed by atoms with van der Waals surface area (Å²) >= 11 is 0. The topological polar surface area (TPSA) is 142 Å². The quantitative estimate of drug-likeness (QED) is 0.338. The first-order valence-electron chi connectivity index (χ1n) is 12.0. The van der Waals surface area contributed by atoms with Crippen molar-refractivity contribution in [2.75, 3.05) is 5.73 Å². The second-order valence-electron chi connectivity index (χ2n) is 9.56. The molecule has 0 atom stereocenters. The fourth-order valence-corrected chi connectivity index (χ4v) is 5.00. The van der Waals surface area contributed by atoms with E-state index in [2.05, 4.69) is 28.9 Å². The van der Waals surface area contributed by atoms with Gasteiger partial charge < -0.3 is 10.5 Å². The number of ether oxygens (including phenoxy) is 1. The van der Waals surface area contributed by atoms with Gasteiger partial charge in [0.15, 0.2) is 5.03 Å². The minimum Gasteiger partial charge on any atom is -0.438 e. The molecule has 0 unspecified atom stereocenters. The SMILES string of the molecule is Cc1cc(C)c(Oc2nc(-c3cnn(CC(C)C)c3)ccc2C(=O)NS(=O)(=O)c2cccc(N)n2)c(C)c1. The monoisotopic (exact) mass is 534 g/mol. The van der Waals surface area contributed by atoms with Gasteiger partial charge in [0.1, 0.15) is 17.1 Å². The molecule has 0 spiro atoms. The lowest BCUT2D eigenvalue weighted by molar-refractivity contribution is 0.0978. The third-order valence-corrected chi connectivity index (χ3v) is 6.87. The molecule has 10 nitrogen and oxygen atoms in total. The number of anilines is 1. The van der Waals surface area contributed by atoms with E-state index in [1.54, 1.807) is 12.3 Å². The third kappa shape index (κ3) is 6.00. The van der Waals surface area contributed by atoms with E-state index in [0.717, 1.165) is 28.8 Å². The molecule has 4 aromatic rings. The summed E-state index contributed by atoms with van der Waals surface area (Å²) in [5.74, 6) is -0.00276. The number of pyridine rings is 2. The fourth-order valence-electron chi connectivity index (χ4n) is 4.06. The van der Waals surface area contributed by atoms with E-state index in [0.29, 0.717) is 17.4 Å². The highest BCUT2D eigenvalue weighted by Gasteiger charge is 2.25. The predicted octanol–water partition coefficient (Wildman–Crippen LogP) is 4.41. The molecule has 3 N–H and O–H groups in total. The molecule has 0 aliphatic rings. The standard InChI is InChI=1S/C27H30N6O4S/c1-16(2)14-33-15-20(13-29-33)22-10-9-21(26(34)32-38(35,36)24-8-6-7-23(28)31-24)27(30-22)37-25-18(4)11-17(3)12-19(25)5/h6-13,15-16H,14H2,1-5H3,(H2,28,31)(H,32,34). The van der Waals surface area contributed by atoms with Crippen molar-refractivity contribution >= 4 is 21.7 Å². The number of aromatic nitrogens is 4. The number of sulfonamides is 1. The molecular formula is C27H30N6O4S. The molecular weight excluding hydrogens is 504 g/mol. The Morgan fingerprint density at radius 1 is 1.08 bits per heavy atom. The Kier molecular flexibility index (Phi) is 7.49. The highest BCUT2D eigenvalue weighted by Crippen LogP contribution is 2.32. The summed E-state index contributed by atoms with van der Waals surface area (Å²) in [6, 6.07) is 11.2. The van der Waals surface area contributed by atoms with Gasteiger partial charge in [-0.1, -0.05) is 37.6 Å². The van der Waals surface area contributed by atoms with Gasteiger partial charge in [0, 0.05) is 18.3 Å². The molecule has 0 bridgehead atoms. The Labute approximate surface area is 221 Å². The Morgan fingerprint density at radius 2 is 1.79 bits per heavy atom. The predicted molar refractivity (Wildman–Crippen MR) is 144 cm³/mol. The summed E-state index contributed by atoms with van der Waals surface area (Å²) in [6.45, 7) is 10.7. The van der Waals surface area contributed by atoms with E-state index in [9.17, 15) is 13.2 Å². The summed E-state index contributed by atoms with van der Waals surface area (Å²) < 4.78 is 35.7. The van der Waals surface area contributed by atoms with Crippen molar-refractivity contribution in [3.63, 3.8) is 0 Å². The zero-order valence-corrected chi connectivity index (χ0v) is 22.7. The van der Waals surface area contributed by atoms with Crippen LogP contribution in [-0.4, -0.2) is 34.1 Å². The van der Waals surface area contributed by atoms with E-state index in [4.69, 9.17) is 10.5 Å². The highest BCUT2D eigenvalue weighted by atomic mass is 32.2. The lowest BCUT2D eigenvalue weighted by Crippen LogP contribution is -2.31. The van der Waals surface area contributed by atoms with Crippen LogP contribution in [0.3, 0.4) is 0 Å². The Balaban J connectivity index is 1.75. The zero-order valence-electron chi connectivity index (χ0n) is 21.9. The van der Waals surface area contributed by atoms with Gasteiger partial charge in [0.05, 0.1) is 11.9 Å². The third-order valence-electron chi connectivity index (χ3n) is 5.64. The number of amides is 1. The average Bonchev–Trinajstić information content (AvgIpc) is 3.28. The van der Waals surface area contributed by atoms with Gasteiger partial charge in [0.2, 0.25) is 5.88 Å². The Morgan fingerprint density at radius 3 is 2.45 bits per heavy atom. The smallest absolute Gasteiger partial charge is 0.281 e. The molecule has 3 aromatic heterocycles. The molecule has 1 amide bonds. The maximum absolute atomic E-state index is 13.2. The number of hydrogen-bond acceptors (Lipinski definition) is 8. The van der Waals surface area contributed by atoms with Crippen LogP contribution in [0.1, 0.15) is 40.9 Å². The molecule has 3 heterocycles. The van der Waals surface area contributed by atoms with Crippen LogP contribution in [0.5, 0.6) is 11.6 Å². The van der Waals surface area contributed by atoms with E-state index < -0.39 is 15.9 Å². The minimum atomic E-state index is -4.30. The zero-order chi connectivity index (χ0) is 27.6. The molecule has 4 rings (SSSR count). The lowest BCUT2D eigenvalue weighted by Gasteiger charge is -2.15. The van der Waals surface area contributed by atoms with E-state index >= 15 is 0 Å². The molecule has 0 fully saturated rings. The second kappa shape index (κ2) is 10.6. The molecule has 0 saturated carbocycles. The van der Waals surface area contributed by atoms with E-state index in [1.807, 2.05) is 48.5 Å². The van der Waals surface area contributed by atoms with Crippen molar-refractivity contribution < 1.29 is 17.9 Å². The van der Waals surface area contributed by atoms with E-state index in [1.165, 1.54) is 24.3 Å². The Hall–Kier alpha value is -4.25. The number of benzene rings is 1. The first kappa shape index (κ1) is 26.8. The maximum Gasteiger partial charge on any atom is 0.281 e. The first-order chi connectivity index (χ1) is 17.9. The number of aryl methyl sites for hydroxylation is 3. The van der Waals surface area contributed by atoms with Gasteiger partial charge in [-0.25, -0.2) is 14.7 Å². The largest absolute Gasteiger partial charge is 0.438 e. The van der Waals surface area contributed by atoms with Crippen molar-refractivity contribution in [2.45, 2.75) is 46.2 Å². The van der Waals surface area contributed by atoms with Crippen LogP contribution < -0.4 is 15.2 Å². The van der Waals surface area contributed by atoms with Gasteiger partial charge >= 0.3 is 0 Å². The summed E-state index contributed by atoms with van der Waals surface area (Å²) in [5, 5.41) is 4.02. The molecule has 0 saturated heterocycles. The van der Waals surface area contributed by atoms with Gasteiger partial charge in [0.25, 0.3) is 15.9 Å². The van der Waals surface area contributed by atoms with Gasteiger partial charge in [-0.2, -0.15) is 13.5 Å². The van der Waals surface area contributed by atoms with Crippen molar-refractivity contribution in [2.24, 2.45) is 5.92 Å². The maximum atomic E-state index is 13.2. The molecule has 198 valence electrons. The van der Waals surface area contributed by atoms with Crippen molar-refractivity contribution in [1.82, 2.24) is 24.5 Å². The van der Waals surface area contributed by atoms with Crippen LogP contribution in [0.4, 0.5) is 5.82 Å². The summed E-state index contributed by atoms with van der Waals surface area (Å²) in [6.07, 6.45) is 3.55. The molecule has 11 heteroatoms. The van der Waals surface area contributed by atoms with Crippen LogP contribution in [0, 0.1) is 26.7 Å². The molecule has 0 aliphatic carbocycles. The number of nitrogens with two attached hydrogens (primary N) is 1. The minimum absolute atomic E-state index is 0.0127. The summed E-state index contributed by atoms with van der Waals surface area (Å²) in [7, 11) is -4.30. The fraction of sp³-hybridized carbons (Fsp3) is 0.259. The van der Waals surface area contributed by atoms with Crippen molar-refractivity contribution in [1.29, 1.82) is 0 Å². The number of nitrogens with zero attached hydrogens (tertiary/aromatic N) is 4. The van der Waals surface area contributed by atoms with Crippen molar-refractivity contribution in [3.8, 4) is 22.9 Å². The number of hydrogen-bond donors (Lipinski definition) is 2. The van der Waals surface area contributed by atoms with Crippen LogP contribution in [-0.2, 0) is 16.6 Å². The molecule has 38 heavy (non-hydrogen) atoms. The first-order valence-corrected chi connectivity index (χ1v) is 13.5. The highest BCUT2D eigenvalue weighted by molar-refractivity contribution is 7.90. The number of carbonyl (C=O) groups is 1. The number of rotatable bonds is 8. The van der Waals surface area contributed by atoms with Crippen LogP contribution in [0.15, 0.2) is 59.9 Å². The normalized spacial score (nSPS) is 11.5. The van der Waals surface area contributed by atoms with Gasteiger partial charge in [-0.05, 0) is 62.1 Å². The molecule has 0 radical (unpaired) electrons. The van der Waals surface area contributed by atoms with Crippen LogP contribution in [0.25, 0.3) is 11.3 Å².